The van der Waals surface area contributed by atoms with Crippen LogP contribution in [0.25, 0.3) is 0 Å². The van der Waals surface area contributed by atoms with E-state index >= 15 is 0 Å². The highest BCUT2D eigenvalue weighted by Gasteiger charge is 2.29. The standard InChI is InChI=1S/C16H22F3N3O4/c1-10(2)13(20)6-7-21(3)15(23)12-8-11(26-9-16(17,18)19)4-5-14(12)22(24)25/h4-5,8,10,13H,6-7,9,20H2,1-3H3. The first-order valence-electron chi connectivity index (χ1n) is 7.91. The molecule has 10 heteroatoms. The van der Waals surface area contributed by atoms with Crippen LogP contribution in [-0.4, -0.2) is 48.1 Å². The number of nitro benzene ring substituents is 1. The van der Waals surface area contributed by atoms with Gasteiger partial charge in [0.25, 0.3) is 11.6 Å². The molecule has 1 unspecified atom stereocenters. The van der Waals surface area contributed by atoms with Crippen LogP contribution in [0, 0.1) is 16.0 Å². The molecular weight excluding hydrogens is 355 g/mol. The Labute approximate surface area is 149 Å². The average Bonchev–Trinajstić information content (AvgIpc) is 2.55. The molecule has 0 aliphatic carbocycles. The number of carbonyl (C=O) groups excluding carboxylic acids is 1. The van der Waals surface area contributed by atoms with E-state index < -0.39 is 29.3 Å². The summed E-state index contributed by atoms with van der Waals surface area (Å²) >= 11 is 0. The molecule has 0 bridgehead atoms. The van der Waals surface area contributed by atoms with Gasteiger partial charge >= 0.3 is 6.18 Å². The van der Waals surface area contributed by atoms with Crippen molar-refractivity contribution < 1.29 is 27.6 Å². The molecule has 1 amide bonds. The van der Waals surface area contributed by atoms with Crippen LogP contribution >= 0.6 is 0 Å². The van der Waals surface area contributed by atoms with Gasteiger partial charge in [0, 0.05) is 25.7 Å². The van der Waals surface area contributed by atoms with Crippen LogP contribution in [-0.2, 0) is 0 Å². The van der Waals surface area contributed by atoms with Crippen LogP contribution in [0.4, 0.5) is 18.9 Å². The van der Waals surface area contributed by atoms with E-state index in [1.807, 2.05) is 13.8 Å². The fraction of sp³-hybridized carbons (Fsp3) is 0.562. The quantitative estimate of drug-likeness (QED) is 0.555. The number of nitrogens with two attached hydrogens (primary N) is 1. The number of halogens is 3. The molecule has 1 atom stereocenters. The maximum Gasteiger partial charge on any atom is 0.422 e. The summed E-state index contributed by atoms with van der Waals surface area (Å²) in [4.78, 5) is 24.1. The van der Waals surface area contributed by atoms with Gasteiger partial charge in [-0.2, -0.15) is 13.2 Å². The average molecular weight is 377 g/mol. The van der Waals surface area contributed by atoms with E-state index in [9.17, 15) is 28.1 Å². The normalized spacial score (nSPS) is 12.8. The van der Waals surface area contributed by atoms with Crippen LogP contribution in [0.3, 0.4) is 0 Å². The molecular formula is C16H22F3N3O4. The number of rotatable bonds is 8. The van der Waals surface area contributed by atoms with E-state index in [4.69, 9.17) is 5.73 Å². The molecule has 0 aliphatic rings. The second-order valence-electron chi connectivity index (χ2n) is 6.26. The maximum absolute atomic E-state index is 12.5. The monoisotopic (exact) mass is 377 g/mol. The number of nitrogens with zero attached hydrogens (tertiary/aromatic N) is 2. The molecule has 0 radical (unpaired) electrons. The molecule has 0 heterocycles. The van der Waals surface area contributed by atoms with Crippen molar-refractivity contribution >= 4 is 11.6 Å². The molecule has 1 aromatic carbocycles. The summed E-state index contributed by atoms with van der Waals surface area (Å²) in [6, 6.07) is 2.77. The first kappa shape index (κ1) is 21.7. The zero-order valence-corrected chi connectivity index (χ0v) is 14.7. The Morgan fingerprint density at radius 1 is 1.38 bits per heavy atom. The van der Waals surface area contributed by atoms with Gasteiger partial charge in [-0.25, -0.2) is 0 Å². The van der Waals surface area contributed by atoms with Gasteiger partial charge in [-0.15, -0.1) is 0 Å². The van der Waals surface area contributed by atoms with Crippen LogP contribution in [0.2, 0.25) is 0 Å². The zero-order valence-electron chi connectivity index (χ0n) is 14.7. The predicted octanol–water partition coefficient (Wildman–Crippen LogP) is 2.98. The highest BCUT2D eigenvalue weighted by molar-refractivity contribution is 5.98. The lowest BCUT2D eigenvalue weighted by molar-refractivity contribution is -0.385. The molecule has 0 spiro atoms. The third-order valence-corrected chi connectivity index (χ3v) is 3.80. The third-order valence-electron chi connectivity index (χ3n) is 3.80. The first-order valence-corrected chi connectivity index (χ1v) is 7.91. The Morgan fingerprint density at radius 2 is 2.00 bits per heavy atom. The SMILES string of the molecule is CC(C)C(N)CCN(C)C(=O)c1cc(OCC(F)(F)F)ccc1[N+](=O)[O-]. The molecule has 0 saturated carbocycles. The van der Waals surface area contributed by atoms with Crippen LogP contribution in [0.5, 0.6) is 5.75 Å². The van der Waals surface area contributed by atoms with E-state index in [0.717, 1.165) is 18.2 Å². The van der Waals surface area contributed by atoms with Crippen molar-refractivity contribution in [3.05, 3.63) is 33.9 Å². The molecule has 7 nitrogen and oxygen atoms in total. The number of hydrogen-bond acceptors (Lipinski definition) is 5. The predicted molar refractivity (Wildman–Crippen MR) is 89.0 cm³/mol. The summed E-state index contributed by atoms with van der Waals surface area (Å²) < 4.78 is 41.3. The van der Waals surface area contributed by atoms with Crippen LogP contribution in [0.1, 0.15) is 30.6 Å². The number of amides is 1. The highest BCUT2D eigenvalue weighted by atomic mass is 19.4. The van der Waals surface area contributed by atoms with E-state index in [2.05, 4.69) is 4.74 Å². The molecule has 26 heavy (non-hydrogen) atoms. The van der Waals surface area contributed by atoms with Crippen molar-refractivity contribution in [2.24, 2.45) is 11.7 Å². The fourth-order valence-corrected chi connectivity index (χ4v) is 2.08. The minimum atomic E-state index is -4.56. The molecule has 0 aromatic heterocycles. The largest absolute Gasteiger partial charge is 0.484 e. The van der Waals surface area contributed by atoms with E-state index in [1.54, 1.807) is 0 Å². The second-order valence-corrected chi connectivity index (χ2v) is 6.26. The summed E-state index contributed by atoms with van der Waals surface area (Å²) in [7, 11) is 1.45. The van der Waals surface area contributed by atoms with Gasteiger partial charge in [0.05, 0.1) is 4.92 Å². The fourth-order valence-electron chi connectivity index (χ4n) is 2.08. The van der Waals surface area contributed by atoms with Crippen molar-refractivity contribution in [3.63, 3.8) is 0 Å². The van der Waals surface area contributed by atoms with Gasteiger partial charge in [-0.05, 0) is 24.5 Å². The summed E-state index contributed by atoms with van der Waals surface area (Å²) in [5.74, 6) is -0.763. The Balaban J connectivity index is 2.98. The molecule has 0 saturated heterocycles. The van der Waals surface area contributed by atoms with Gasteiger partial charge in [-0.3, -0.25) is 14.9 Å². The third kappa shape index (κ3) is 6.51. The molecule has 0 fully saturated rings. The number of benzene rings is 1. The number of nitro groups is 1. The summed E-state index contributed by atoms with van der Waals surface area (Å²) in [5, 5.41) is 11.1. The van der Waals surface area contributed by atoms with Gasteiger partial charge in [0.1, 0.15) is 11.3 Å². The van der Waals surface area contributed by atoms with Crippen molar-refractivity contribution in [3.8, 4) is 5.75 Å². The van der Waals surface area contributed by atoms with Crippen molar-refractivity contribution in [2.75, 3.05) is 20.2 Å². The minimum Gasteiger partial charge on any atom is -0.484 e. The summed E-state index contributed by atoms with van der Waals surface area (Å²) in [5.41, 5.74) is 5.07. The van der Waals surface area contributed by atoms with E-state index in [-0.39, 0.29) is 29.8 Å². The number of ether oxygens (including phenoxy) is 1. The lowest BCUT2D eigenvalue weighted by atomic mass is 10.0. The molecule has 1 aromatic rings. The highest BCUT2D eigenvalue weighted by Crippen LogP contribution is 2.27. The second kappa shape index (κ2) is 8.84. The molecule has 1 rings (SSSR count). The van der Waals surface area contributed by atoms with E-state index in [1.165, 1.54) is 11.9 Å². The van der Waals surface area contributed by atoms with E-state index in [0.29, 0.717) is 6.42 Å². The maximum atomic E-state index is 12.5. The van der Waals surface area contributed by atoms with Gasteiger partial charge < -0.3 is 15.4 Å². The Morgan fingerprint density at radius 3 is 2.50 bits per heavy atom. The lowest BCUT2D eigenvalue weighted by Crippen LogP contribution is -2.34. The lowest BCUT2D eigenvalue weighted by Gasteiger charge is -2.21. The first-order chi connectivity index (χ1) is 11.9. The van der Waals surface area contributed by atoms with Crippen molar-refractivity contribution in [1.82, 2.24) is 4.90 Å². The smallest absolute Gasteiger partial charge is 0.422 e. The van der Waals surface area contributed by atoms with Crippen LogP contribution in [0.15, 0.2) is 18.2 Å². The topological polar surface area (TPSA) is 98.7 Å². The minimum absolute atomic E-state index is 0.151. The summed E-state index contributed by atoms with van der Waals surface area (Å²) in [6.07, 6.45) is -4.08. The Hall–Kier alpha value is -2.36. The van der Waals surface area contributed by atoms with Crippen LogP contribution < -0.4 is 10.5 Å². The van der Waals surface area contributed by atoms with Crippen molar-refractivity contribution in [2.45, 2.75) is 32.5 Å². The Kier molecular flexibility index (Phi) is 7.37. The number of carbonyl (C=O) groups is 1. The van der Waals surface area contributed by atoms with Gasteiger partial charge in [-0.1, -0.05) is 13.8 Å². The number of alkyl halides is 3. The van der Waals surface area contributed by atoms with Gasteiger partial charge in [0.15, 0.2) is 6.61 Å². The Bertz CT molecular complexity index is 650. The van der Waals surface area contributed by atoms with Crippen molar-refractivity contribution in [1.29, 1.82) is 0 Å². The molecule has 2 N–H and O–H groups in total. The zero-order chi connectivity index (χ0) is 20.1. The van der Waals surface area contributed by atoms with Gasteiger partial charge in [0.2, 0.25) is 0 Å². The number of hydrogen-bond donors (Lipinski definition) is 1. The molecule has 0 aliphatic heterocycles. The molecule has 146 valence electrons. The summed E-state index contributed by atoms with van der Waals surface area (Å²) in [6.45, 7) is 2.55.